The monoisotopic (exact) mass is 428 g/mol. The van der Waals surface area contributed by atoms with E-state index in [9.17, 15) is 4.79 Å². The molecule has 0 saturated carbocycles. The van der Waals surface area contributed by atoms with E-state index in [1.54, 1.807) is 35.3 Å². The van der Waals surface area contributed by atoms with Crippen LogP contribution in [0.15, 0.2) is 78.0 Å². The summed E-state index contributed by atoms with van der Waals surface area (Å²) in [6.45, 7) is 2.33. The fourth-order valence-corrected chi connectivity index (χ4v) is 3.69. The predicted octanol–water partition coefficient (Wildman–Crippen LogP) is 5.05. The second-order valence-electron chi connectivity index (χ2n) is 6.94. The molecular formula is C24H17ClN4O2. The van der Waals surface area contributed by atoms with Gasteiger partial charge in [0.15, 0.2) is 0 Å². The molecule has 0 radical (unpaired) electrons. The van der Waals surface area contributed by atoms with Gasteiger partial charge in [0.2, 0.25) is 5.88 Å². The van der Waals surface area contributed by atoms with Gasteiger partial charge in [-0.15, -0.1) is 0 Å². The molecule has 0 aliphatic heterocycles. The Labute approximate surface area is 182 Å². The molecular weight excluding hydrogens is 412 g/mol. The van der Waals surface area contributed by atoms with Crippen LogP contribution < -0.4 is 10.3 Å². The van der Waals surface area contributed by atoms with Crippen LogP contribution >= 0.6 is 11.6 Å². The Morgan fingerprint density at radius 3 is 2.68 bits per heavy atom. The Hall–Kier alpha value is -3.77. The van der Waals surface area contributed by atoms with Crippen molar-refractivity contribution in [3.8, 4) is 22.7 Å². The van der Waals surface area contributed by atoms with Gasteiger partial charge in [0.25, 0.3) is 5.56 Å². The van der Waals surface area contributed by atoms with E-state index in [2.05, 4.69) is 15.0 Å². The summed E-state index contributed by atoms with van der Waals surface area (Å²) in [5.74, 6) is 0.374. The largest absolute Gasteiger partial charge is 0.477 e. The molecule has 6 nitrogen and oxygen atoms in total. The fourth-order valence-electron chi connectivity index (χ4n) is 3.56. The molecule has 2 aromatic carbocycles. The number of hydrogen-bond acceptors (Lipinski definition) is 5. The maximum Gasteiger partial charge on any atom is 0.265 e. The lowest BCUT2D eigenvalue weighted by Gasteiger charge is -2.13. The highest BCUT2D eigenvalue weighted by Gasteiger charge is 2.17. The molecule has 5 rings (SSSR count). The average molecular weight is 429 g/mol. The highest BCUT2D eigenvalue weighted by atomic mass is 35.5. The minimum absolute atomic E-state index is 0.207. The van der Waals surface area contributed by atoms with Crippen molar-refractivity contribution in [2.24, 2.45) is 0 Å². The summed E-state index contributed by atoms with van der Waals surface area (Å²) in [7, 11) is 0. The molecule has 0 fully saturated rings. The molecule has 7 heteroatoms. The van der Waals surface area contributed by atoms with Crippen LogP contribution in [0, 0.1) is 0 Å². The molecule has 0 unspecified atom stereocenters. The maximum atomic E-state index is 13.7. The van der Waals surface area contributed by atoms with Crippen molar-refractivity contribution in [3.05, 3.63) is 88.6 Å². The highest BCUT2D eigenvalue weighted by Crippen LogP contribution is 2.27. The Kier molecular flexibility index (Phi) is 4.84. The highest BCUT2D eigenvalue weighted by molar-refractivity contribution is 6.30. The maximum absolute atomic E-state index is 13.7. The molecule has 3 aromatic heterocycles. The first-order chi connectivity index (χ1) is 15.1. The number of benzene rings is 2. The number of nitrogens with zero attached hydrogens (tertiary/aromatic N) is 4. The van der Waals surface area contributed by atoms with E-state index >= 15 is 0 Å². The Bertz CT molecular complexity index is 1480. The number of rotatable bonds is 4. The van der Waals surface area contributed by atoms with Gasteiger partial charge >= 0.3 is 0 Å². The molecule has 3 heterocycles. The number of pyridine rings is 2. The van der Waals surface area contributed by atoms with Crippen molar-refractivity contribution in [1.29, 1.82) is 0 Å². The lowest BCUT2D eigenvalue weighted by Crippen LogP contribution is -2.21. The summed E-state index contributed by atoms with van der Waals surface area (Å²) in [5, 5.41) is 1.53. The van der Waals surface area contributed by atoms with Gasteiger partial charge < -0.3 is 4.74 Å². The van der Waals surface area contributed by atoms with Gasteiger partial charge in [0.05, 0.1) is 23.9 Å². The van der Waals surface area contributed by atoms with Crippen molar-refractivity contribution >= 4 is 33.5 Å². The van der Waals surface area contributed by atoms with Crippen LogP contribution in [0.5, 0.6) is 5.88 Å². The zero-order chi connectivity index (χ0) is 21.4. The molecule has 5 aromatic rings. The smallest absolute Gasteiger partial charge is 0.265 e. The molecule has 0 N–H and O–H groups in total. The number of ether oxygens (including phenoxy) is 1. The van der Waals surface area contributed by atoms with Crippen molar-refractivity contribution in [1.82, 2.24) is 19.5 Å². The van der Waals surface area contributed by atoms with Crippen molar-refractivity contribution < 1.29 is 4.74 Å². The van der Waals surface area contributed by atoms with E-state index in [1.165, 1.54) is 0 Å². The third kappa shape index (κ3) is 3.51. The van der Waals surface area contributed by atoms with E-state index in [0.717, 1.165) is 16.6 Å². The molecule has 0 spiro atoms. The minimum atomic E-state index is -0.207. The average Bonchev–Trinajstić information content (AvgIpc) is 2.79. The molecule has 31 heavy (non-hydrogen) atoms. The van der Waals surface area contributed by atoms with Crippen LogP contribution in [0.4, 0.5) is 0 Å². The third-order valence-electron chi connectivity index (χ3n) is 4.99. The molecule has 0 atom stereocenters. The van der Waals surface area contributed by atoms with Gasteiger partial charge in [-0.1, -0.05) is 29.8 Å². The van der Waals surface area contributed by atoms with Gasteiger partial charge in [-0.25, -0.2) is 9.97 Å². The molecule has 152 valence electrons. The normalized spacial score (nSPS) is 11.2. The van der Waals surface area contributed by atoms with Crippen LogP contribution in [0.1, 0.15) is 6.92 Å². The van der Waals surface area contributed by atoms with Crippen LogP contribution in [0.25, 0.3) is 38.8 Å². The van der Waals surface area contributed by atoms with Gasteiger partial charge in [-0.3, -0.25) is 14.3 Å². The third-order valence-corrected chi connectivity index (χ3v) is 5.24. The molecule has 0 amide bonds. The predicted molar refractivity (Wildman–Crippen MR) is 122 cm³/mol. The first-order valence-corrected chi connectivity index (χ1v) is 10.2. The topological polar surface area (TPSA) is 69.9 Å². The van der Waals surface area contributed by atoms with Crippen LogP contribution in [-0.2, 0) is 0 Å². The fraction of sp³-hybridized carbons (Fsp3) is 0.0833. The van der Waals surface area contributed by atoms with Crippen molar-refractivity contribution in [2.45, 2.75) is 6.92 Å². The molecule has 0 aliphatic carbocycles. The summed E-state index contributed by atoms with van der Waals surface area (Å²) >= 11 is 6.07. The van der Waals surface area contributed by atoms with E-state index in [1.807, 2.05) is 49.4 Å². The summed E-state index contributed by atoms with van der Waals surface area (Å²) in [4.78, 5) is 27.1. The Morgan fingerprint density at radius 1 is 1.03 bits per heavy atom. The van der Waals surface area contributed by atoms with Crippen LogP contribution in [-0.4, -0.2) is 26.1 Å². The second kappa shape index (κ2) is 7.81. The number of halogens is 1. The van der Waals surface area contributed by atoms with E-state index in [0.29, 0.717) is 39.7 Å². The Balaban J connectivity index is 1.81. The first kappa shape index (κ1) is 19.2. The van der Waals surface area contributed by atoms with E-state index < -0.39 is 0 Å². The Morgan fingerprint density at radius 2 is 1.87 bits per heavy atom. The van der Waals surface area contributed by atoms with Crippen molar-refractivity contribution in [2.75, 3.05) is 6.61 Å². The second-order valence-corrected chi connectivity index (χ2v) is 7.38. The van der Waals surface area contributed by atoms with Gasteiger partial charge in [-0.2, -0.15) is 0 Å². The van der Waals surface area contributed by atoms with E-state index in [-0.39, 0.29) is 5.56 Å². The molecule has 0 saturated heterocycles. The van der Waals surface area contributed by atoms with Gasteiger partial charge in [0.1, 0.15) is 11.0 Å². The van der Waals surface area contributed by atoms with Gasteiger partial charge in [-0.05, 0) is 48.9 Å². The minimum Gasteiger partial charge on any atom is -0.477 e. The first-order valence-electron chi connectivity index (χ1n) is 9.80. The SMILES string of the molecule is CCOc1cnc2cn(-c3ccc4ncccc4c3)c(=O)c(-c3ccc(Cl)cc3)c2n1. The standard InChI is InChI=1S/C24H17ClN4O2/c1-2-31-21-13-27-20-14-29(18-9-10-19-16(12-18)4-3-11-26-19)24(30)22(23(20)28-21)15-5-7-17(25)8-6-15/h3-14H,2H2,1H3. The van der Waals surface area contributed by atoms with Crippen LogP contribution in [0.3, 0.4) is 0 Å². The number of hydrogen-bond donors (Lipinski definition) is 0. The van der Waals surface area contributed by atoms with Crippen LogP contribution in [0.2, 0.25) is 5.02 Å². The van der Waals surface area contributed by atoms with E-state index in [4.69, 9.17) is 16.3 Å². The quantitative estimate of drug-likeness (QED) is 0.400. The van der Waals surface area contributed by atoms with Gasteiger partial charge in [0, 0.05) is 28.5 Å². The zero-order valence-corrected chi connectivity index (χ0v) is 17.4. The zero-order valence-electron chi connectivity index (χ0n) is 16.6. The lowest BCUT2D eigenvalue weighted by atomic mass is 10.1. The number of fused-ring (bicyclic) bond motifs is 2. The van der Waals surface area contributed by atoms with Crippen molar-refractivity contribution in [3.63, 3.8) is 0 Å². The summed E-state index contributed by atoms with van der Waals surface area (Å²) in [6, 6.07) is 16.7. The number of aromatic nitrogens is 4. The summed E-state index contributed by atoms with van der Waals surface area (Å²) in [5.41, 5.74) is 3.59. The molecule has 0 bridgehead atoms. The summed E-state index contributed by atoms with van der Waals surface area (Å²) in [6.07, 6.45) is 5.02. The lowest BCUT2D eigenvalue weighted by molar-refractivity contribution is 0.327. The molecule has 0 aliphatic rings. The summed E-state index contributed by atoms with van der Waals surface area (Å²) < 4.78 is 7.11.